The zero-order valence-corrected chi connectivity index (χ0v) is 12.2. The average Bonchev–Trinajstić information content (AvgIpc) is 2.41. The van der Waals surface area contributed by atoms with E-state index in [1.54, 1.807) is 18.2 Å². The minimum Gasteiger partial charge on any atom is -0.398 e. The van der Waals surface area contributed by atoms with E-state index >= 15 is 0 Å². The number of nitrogen functional groups attached to an aromatic ring is 1. The summed E-state index contributed by atoms with van der Waals surface area (Å²) in [6.07, 6.45) is 0.656. The summed E-state index contributed by atoms with van der Waals surface area (Å²) in [6.45, 7) is 4.27. The van der Waals surface area contributed by atoms with E-state index in [0.29, 0.717) is 24.2 Å². The summed E-state index contributed by atoms with van der Waals surface area (Å²) >= 11 is 0. The molecule has 0 aliphatic heterocycles. The van der Waals surface area contributed by atoms with Crippen molar-refractivity contribution in [2.24, 2.45) is 0 Å². The second-order valence-electron chi connectivity index (χ2n) is 5.17. The number of hydrogen-bond acceptors (Lipinski definition) is 2. The van der Waals surface area contributed by atoms with Crippen molar-refractivity contribution in [3.8, 4) is 0 Å². The number of nitrogens with one attached hydrogen (secondary N) is 1. The van der Waals surface area contributed by atoms with Crippen molar-refractivity contribution in [3.63, 3.8) is 0 Å². The standard InChI is InChI=1S/C17H19FN2O/c1-11-3-6-15(16(19)9-11)17(21)20-8-7-13-4-5-14(18)10-12(13)2/h3-6,9-10H,7-8,19H2,1-2H3,(H,20,21). The Bertz CT molecular complexity index is 668. The molecule has 0 saturated carbocycles. The molecule has 0 aromatic heterocycles. The molecule has 4 heteroatoms. The third-order valence-electron chi connectivity index (χ3n) is 3.44. The number of carbonyl (C=O) groups excluding carboxylic acids is 1. The second-order valence-corrected chi connectivity index (χ2v) is 5.17. The zero-order valence-electron chi connectivity index (χ0n) is 12.2. The number of carbonyl (C=O) groups is 1. The third kappa shape index (κ3) is 3.81. The van der Waals surface area contributed by atoms with Crippen molar-refractivity contribution in [2.75, 3.05) is 12.3 Å². The molecule has 0 radical (unpaired) electrons. The number of aryl methyl sites for hydroxylation is 2. The van der Waals surface area contributed by atoms with E-state index in [4.69, 9.17) is 5.73 Å². The van der Waals surface area contributed by atoms with Gasteiger partial charge in [0.2, 0.25) is 0 Å². The Morgan fingerprint density at radius 2 is 1.95 bits per heavy atom. The summed E-state index contributed by atoms with van der Waals surface area (Å²) in [7, 11) is 0. The Labute approximate surface area is 124 Å². The Hall–Kier alpha value is -2.36. The van der Waals surface area contributed by atoms with Crippen molar-refractivity contribution in [2.45, 2.75) is 20.3 Å². The van der Waals surface area contributed by atoms with Gasteiger partial charge in [-0.15, -0.1) is 0 Å². The summed E-state index contributed by atoms with van der Waals surface area (Å²) in [6, 6.07) is 10.0. The van der Waals surface area contributed by atoms with Crippen LogP contribution in [0.5, 0.6) is 0 Å². The quantitative estimate of drug-likeness (QED) is 0.849. The molecular weight excluding hydrogens is 267 g/mol. The lowest BCUT2D eigenvalue weighted by Gasteiger charge is -2.09. The van der Waals surface area contributed by atoms with Crippen LogP contribution in [0.2, 0.25) is 0 Å². The van der Waals surface area contributed by atoms with Crippen LogP contribution in [0.3, 0.4) is 0 Å². The van der Waals surface area contributed by atoms with E-state index in [2.05, 4.69) is 5.32 Å². The molecule has 21 heavy (non-hydrogen) atoms. The topological polar surface area (TPSA) is 55.1 Å². The minimum atomic E-state index is -0.243. The molecule has 0 fully saturated rings. The van der Waals surface area contributed by atoms with Crippen molar-refractivity contribution in [1.29, 1.82) is 0 Å². The van der Waals surface area contributed by atoms with E-state index in [1.165, 1.54) is 12.1 Å². The van der Waals surface area contributed by atoms with Gasteiger partial charge in [-0.3, -0.25) is 4.79 Å². The summed E-state index contributed by atoms with van der Waals surface area (Å²) in [5, 5.41) is 2.84. The van der Waals surface area contributed by atoms with Crippen LogP contribution in [-0.4, -0.2) is 12.5 Å². The van der Waals surface area contributed by atoms with Crippen LogP contribution in [-0.2, 0) is 6.42 Å². The van der Waals surface area contributed by atoms with Gasteiger partial charge in [0, 0.05) is 12.2 Å². The monoisotopic (exact) mass is 286 g/mol. The zero-order chi connectivity index (χ0) is 15.4. The van der Waals surface area contributed by atoms with Crippen molar-refractivity contribution < 1.29 is 9.18 Å². The SMILES string of the molecule is Cc1ccc(C(=O)NCCc2ccc(F)cc2C)c(N)c1. The van der Waals surface area contributed by atoms with Gasteiger partial charge in [0.05, 0.1) is 5.56 Å². The molecule has 0 atom stereocenters. The number of rotatable bonds is 4. The van der Waals surface area contributed by atoms with Gasteiger partial charge in [0.15, 0.2) is 0 Å². The first-order chi connectivity index (χ1) is 9.97. The normalized spacial score (nSPS) is 10.4. The highest BCUT2D eigenvalue weighted by Gasteiger charge is 2.09. The van der Waals surface area contributed by atoms with Crippen LogP contribution in [0.4, 0.5) is 10.1 Å². The van der Waals surface area contributed by atoms with Crippen LogP contribution < -0.4 is 11.1 Å². The Morgan fingerprint density at radius 1 is 1.19 bits per heavy atom. The smallest absolute Gasteiger partial charge is 0.253 e. The Kier molecular flexibility index (Phi) is 4.58. The van der Waals surface area contributed by atoms with Crippen LogP contribution >= 0.6 is 0 Å². The fourth-order valence-corrected chi connectivity index (χ4v) is 2.23. The van der Waals surface area contributed by atoms with Gasteiger partial charge in [-0.25, -0.2) is 4.39 Å². The number of benzene rings is 2. The van der Waals surface area contributed by atoms with Gasteiger partial charge in [0.1, 0.15) is 5.82 Å². The number of amides is 1. The lowest BCUT2D eigenvalue weighted by atomic mass is 10.1. The van der Waals surface area contributed by atoms with Crippen LogP contribution in [0.1, 0.15) is 27.0 Å². The highest BCUT2D eigenvalue weighted by Crippen LogP contribution is 2.14. The Balaban J connectivity index is 1.95. The maximum atomic E-state index is 13.0. The molecule has 3 N–H and O–H groups in total. The highest BCUT2D eigenvalue weighted by atomic mass is 19.1. The fraction of sp³-hybridized carbons (Fsp3) is 0.235. The number of hydrogen-bond donors (Lipinski definition) is 2. The van der Waals surface area contributed by atoms with Gasteiger partial charge in [0.25, 0.3) is 5.91 Å². The first-order valence-electron chi connectivity index (χ1n) is 6.86. The van der Waals surface area contributed by atoms with E-state index < -0.39 is 0 Å². The van der Waals surface area contributed by atoms with E-state index in [0.717, 1.165) is 16.7 Å². The maximum absolute atomic E-state index is 13.0. The van der Waals surface area contributed by atoms with Gasteiger partial charge >= 0.3 is 0 Å². The molecular formula is C17H19FN2O. The Morgan fingerprint density at radius 3 is 2.62 bits per heavy atom. The third-order valence-corrected chi connectivity index (χ3v) is 3.44. The lowest BCUT2D eigenvalue weighted by molar-refractivity contribution is 0.0955. The summed E-state index contributed by atoms with van der Waals surface area (Å²) in [5.74, 6) is -0.431. The lowest BCUT2D eigenvalue weighted by Crippen LogP contribution is -2.26. The number of anilines is 1. The van der Waals surface area contributed by atoms with E-state index in [-0.39, 0.29) is 11.7 Å². The molecule has 2 aromatic carbocycles. The summed E-state index contributed by atoms with van der Waals surface area (Å²) < 4.78 is 13.0. The van der Waals surface area contributed by atoms with Crippen molar-refractivity contribution >= 4 is 11.6 Å². The first-order valence-corrected chi connectivity index (χ1v) is 6.86. The largest absolute Gasteiger partial charge is 0.398 e. The molecule has 0 saturated heterocycles. The fourth-order valence-electron chi connectivity index (χ4n) is 2.23. The van der Waals surface area contributed by atoms with Crippen LogP contribution in [0.25, 0.3) is 0 Å². The van der Waals surface area contributed by atoms with Crippen molar-refractivity contribution in [3.05, 3.63) is 64.5 Å². The molecule has 0 bridgehead atoms. The number of nitrogens with two attached hydrogens (primary N) is 1. The molecule has 0 aliphatic rings. The van der Waals surface area contributed by atoms with Crippen LogP contribution in [0, 0.1) is 19.7 Å². The molecule has 110 valence electrons. The molecule has 3 nitrogen and oxygen atoms in total. The van der Waals surface area contributed by atoms with Crippen molar-refractivity contribution in [1.82, 2.24) is 5.32 Å². The predicted octanol–water partition coefficient (Wildman–Crippen LogP) is 3.00. The number of halogens is 1. The predicted molar refractivity (Wildman–Crippen MR) is 82.8 cm³/mol. The molecule has 2 aromatic rings. The molecule has 0 aliphatic carbocycles. The summed E-state index contributed by atoms with van der Waals surface area (Å²) in [5.41, 5.74) is 9.73. The first kappa shape index (κ1) is 15.0. The molecule has 1 amide bonds. The van der Waals surface area contributed by atoms with Gasteiger partial charge in [-0.05, 0) is 61.2 Å². The average molecular weight is 286 g/mol. The molecule has 0 spiro atoms. The van der Waals surface area contributed by atoms with Gasteiger partial charge in [-0.2, -0.15) is 0 Å². The van der Waals surface area contributed by atoms with Gasteiger partial charge < -0.3 is 11.1 Å². The molecule has 0 heterocycles. The van der Waals surface area contributed by atoms with Crippen LogP contribution in [0.15, 0.2) is 36.4 Å². The highest BCUT2D eigenvalue weighted by molar-refractivity contribution is 5.99. The van der Waals surface area contributed by atoms with Gasteiger partial charge in [-0.1, -0.05) is 12.1 Å². The second kappa shape index (κ2) is 6.39. The molecule has 0 unspecified atom stereocenters. The van der Waals surface area contributed by atoms with E-state index in [1.807, 2.05) is 19.9 Å². The minimum absolute atomic E-state index is 0.188. The summed E-state index contributed by atoms with van der Waals surface area (Å²) in [4.78, 5) is 12.1. The molecule has 2 rings (SSSR count). The maximum Gasteiger partial charge on any atom is 0.253 e. The van der Waals surface area contributed by atoms with E-state index in [9.17, 15) is 9.18 Å².